The van der Waals surface area contributed by atoms with Crippen LogP contribution in [0.5, 0.6) is 5.75 Å². The number of anilines is 1. The second kappa shape index (κ2) is 6.95. The Morgan fingerprint density at radius 3 is 2.62 bits per heavy atom. The van der Waals surface area contributed by atoms with Gasteiger partial charge in [-0.05, 0) is 26.1 Å². The molecule has 0 saturated carbocycles. The average Bonchev–Trinajstić information content (AvgIpc) is 2.81. The van der Waals surface area contributed by atoms with Crippen molar-refractivity contribution >= 4 is 22.6 Å². The summed E-state index contributed by atoms with van der Waals surface area (Å²) < 4.78 is 22.0. The molecule has 0 atom stereocenters. The van der Waals surface area contributed by atoms with Gasteiger partial charge in [0.1, 0.15) is 11.3 Å². The van der Waals surface area contributed by atoms with Crippen molar-refractivity contribution in [2.45, 2.75) is 6.42 Å². The highest BCUT2D eigenvalue weighted by Gasteiger charge is 2.25. The van der Waals surface area contributed by atoms with Gasteiger partial charge in [-0.25, -0.2) is 9.18 Å². The molecule has 1 aliphatic heterocycles. The van der Waals surface area contributed by atoms with E-state index in [4.69, 9.17) is 4.74 Å². The predicted octanol–water partition coefficient (Wildman–Crippen LogP) is 1.53. The highest BCUT2D eigenvalue weighted by molar-refractivity contribution is 5.96. The van der Waals surface area contributed by atoms with E-state index in [9.17, 15) is 19.1 Å². The first kappa shape index (κ1) is 18.2. The molecule has 1 N–H and O–H groups in total. The number of nitrogens with zero attached hydrogens (tertiary/aromatic N) is 3. The second-order valence-corrected chi connectivity index (χ2v) is 6.57. The number of carboxylic acid groups (broad SMARTS) is 1. The number of benzene rings is 1. The van der Waals surface area contributed by atoms with Gasteiger partial charge in [0.25, 0.3) is 0 Å². The highest BCUT2D eigenvalue weighted by atomic mass is 19.1. The molecule has 2 heterocycles. The number of likely N-dealkylation sites (N-methyl/N-ethyl adjacent to an activating group) is 1. The normalized spacial score (nSPS) is 15.9. The Hall–Kier alpha value is -2.61. The number of aromatic nitrogens is 1. The van der Waals surface area contributed by atoms with Gasteiger partial charge in [0, 0.05) is 32.9 Å². The molecular formula is C18H22FN3O4. The number of fused-ring (bicyclic) bond motifs is 1. The van der Waals surface area contributed by atoms with Crippen LogP contribution in [-0.2, 0) is 7.05 Å². The molecule has 0 amide bonds. The van der Waals surface area contributed by atoms with E-state index in [1.807, 2.05) is 11.9 Å². The van der Waals surface area contributed by atoms with Gasteiger partial charge in [0.15, 0.2) is 11.6 Å². The minimum Gasteiger partial charge on any atom is -0.492 e. The van der Waals surface area contributed by atoms with Gasteiger partial charge in [-0.1, -0.05) is 0 Å². The Morgan fingerprint density at radius 1 is 1.23 bits per heavy atom. The van der Waals surface area contributed by atoms with Crippen LogP contribution in [0.3, 0.4) is 0 Å². The van der Waals surface area contributed by atoms with Gasteiger partial charge in [-0.3, -0.25) is 4.79 Å². The molecule has 8 heteroatoms. The van der Waals surface area contributed by atoms with Crippen LogP contribution in [0.2, 0.25) is 0 Å². The van der Waals surface area contributed by atoms with E-state index in [0.717, 1.165) is 25.6 Å². The molecule has 2 aromatic rings. The van der Waals surface area contributed by atoms with Crippen LogP contribution >= 0.6 is 0 Å². The lowest BCUT2D eigenvalue weighted by molar-refractivity contribution is 0.0695. The SMILES string of the molecule is COc1c(N2CCCN(C)CC2)c(F)cc2c(=O)c(C(=O)O)cn(C)c12. The quantitative estimate of drug-likeness (QED) is 0.891. The summed E-state index contributed by atoms with van der Waals surface area (Å²) in [6.07, 6.45) is 2.13. The molecule has 0 bridgehead atoms. The Kier molecular flexibility index (Phi) is 4.86. The summed E-state index contributed by atoms with van der Waals surface area (Å²) in [5.41, 5.74) is -0.416. The van der Waals surface area contributed by atoms with Crippen molar-refractivity contribution in [3.63, 3.8) is 0 Å². The zero-order valence-corrected chi connectivity index (χ0v) is 15.1. The molecule has 1 aliphatic rings. The molecule has 0 radical (unpaired) electrons. The number of rotatable bonds is 3. The molecule has 3 rings (SSSR count). The Bertz CT molecular complexity index is 925. The fourth-order valence-corrected chi connectivity index (χ4v) is 3.50. The number of carboxylic acids is 1. The lowest BCUT2D eigenvalue weighted by Gasteiger charge is -2.26. The average molecular weight is 363 g/mol. The zero-order chi connectivity index (χ0) is 19.0. The second-order valence-electron chi connectivity index (χ2n) is 6.57. The first-order valence-corrected chi connectivity index (χ1v) is 8.41. The summed E-state index contributed by atoms with van der Waals surface area (Å²) in [7, 11) is 5.07. The highest BCUT2D eigenvalue weighted by Crippen LogP contribution is 2.38. The van der Waals surface area contributed by atoms with Gasteiger partial charge in [-0.2, -0.15) is 0 Å². The molecule has 0 spiro atoms. The minimum atomic E-state index is -1.34. The topological polar surface area (TPSA) is 75.0 Å². The maximum atomic E-state index is 15.0. The van der Waals surface area contributed by atoms with Crippen LogP contribution in [0.4, 0.5) is 10.1 Å². The summed E-state index contributed by atoms with van der Waals surface area (Å²) >= 11 is 0. The standard InChI is InChI=1S/C18H22FN3O4/c1-20-5-4-6-22(8-7-20)15-13(19)9-11-14(17(15)26-3)21(2)10-12(16(11)23)18(24)25/h9-10H,4-8H2,1-3H3,(H,24,25). The number of methoxy groups -OCH3 is 1. The van der Waals surface area contributed by atoms with Crippen LogP contribution in [0.1, 0.15) is 16.8 Å². The summed E-state index contributed by atoms with van der Waals surface area (Å²) in [5, 5.41) is 9.21. The number of aromatic carboxylic acids is 1. The molecule has 1 saturated heterocycles. The molecule has 1 fully saturated rings. The van der Waals surface area contributed by atoms with Crippen LogP contribution in [0.25, 0.3) is 10.9 Å². The van der Waals surface area contributed by atoms with Crippen molar-refractivity contribution in [2.75, 3.05) is 45.2 Å². The number of hydrogen-bond acceptors (Lipinski definition) is 5. The monoisotopic (exact) mass is 363 g/mol. The summed E-state index contributed by atoms with van der Waals surface area (Å²) in [5.74, 6) is -1.67. The number of halogens is 1. The molecule has 0 aliphatic carbocycles. The molecule has 140 valence electrons. The van der Waals surface area contributed by atoms with E-state index in [2.05, 4.69) is 4.90 Å². The van der Waals surface area contributed by atoms with Crippen molar-refractivity contribution in [1.29, 1.82) is 0 Å². The molecular weight excluding hydrogens is 341 g/mol. The van der Waals surface area contributed by atoms with Crippen molar-refractivity contribution in [3.8, 4) is 5.75 Å². The number of ether oxygens (including phenoxy) is 1. The first-order chi connectivity index (χ1) is 12.3. The summed E-state index contributed by atoms with van der Waals surface area (Å²) in [6.45, 7) is 3.02. The third-order valence-corrected chi connectivity index (χ3v) is 4.82. The smallest absolute Gasteiger partial charge is 0.341 e. The van der Waals surface area contributed by atoms with Crippen molar-refractivity contribution in [2.24, 2.45) is 7.05 Å². The molecule has 1 aromatic carbocycles. The van der Waals surface area contributed by atoms with Gasteiger partial charge >= 0.3 is 5.97 Å². The largest absolute Gasteiger partial charge is 0.492 e. The Labute approximate surface area is 150 Å². The summed E-state index contributed by atoms with van der Waals surface area (Å²) in [4.78, 5) is 27.9. The molecule has 0 unspecified atom stereocenters. The fourth-order valence-electron chi connectivity index (χ4n) is 3.50. The lowest BCUT2D eigenvalue weighted by atomic mass is 10.1. The number of pyridine rings is 1. The van der Waals surface area contributed by atoms with E-state index in [0.29, 0.717) is 24.3 Å². The van der Waals surface area contributed by atoms with E-state index in [-0.39, 0.29) is 11.1 Å². The van der Waals surface area contributed by atoms with Gasteiger partial charge < -0.3 is 24.2 Å². The predicted molar refractivity (Wildman–Crippen MR) is 97.0 cm³/mol. The minimum absolute atomic E-state index is 0.00237. The van der Waals surface area contributed by atoms with E-state index in [1.54, 1.807) is 7.05 Å². The van der Waals surface area contributed by atoms with Crippen LogP contribution in [0.15, 0.2) is 17.1 Å². The Balaban J connectivity index is 2.27. The third-order valence-electron chi connectivity index (χ3n) is 4.82. The third kappa shape index (κ3) is 3.01. The lowest BCUT2D eigenvalue weighted by Crippen LogP contribution is -2.30. The van der Waals surface area contributed by atoms with Gasteiger partial charge in [0.2, 0.25) is 5.43 Å². The Morgan fingerprint density at radius 2 is 1.96 bits per heavy atom. The maximum Gasteiger partial charge on any atom is 0.341 e. The number of hydrogen-bond donors (Lipinski definition) is 1. The van der Waals surface area contributed by atoms with E-state index < -0.39 is 22.8 Å². The summed E-state index contributed by atoms with van der Waals surface area (Å²) in [6, 6.07) is 1.12. The van der Waals surface area contributed by atoms with Crippen molar-refractivity contribution in [1.82, 2.24) is 9.47 Å². The van der Waals surface area contributed by atoms with Crippen LogP contribution in [-0.4, -0.2) is 60.9 Å². The van der Waals surface area contributed by atoms with Crippen molar-refractivity contribution < 1.29 is 19.0 Å². The van der Waals surface area contributed by atoms with Crippen LogP contribution < -0.4 is 15.1 Å². The number of carbonyl (C=O) groups is 1. The zero-order valence-electron chi connectivity index (χ0n) is 15.1. The van der Waals surface area contributed by atoms with Gasteiger partial charge in [0.05, 0.1) is 18.0 Å². The van der Waals surface area contributed by atoms with Crippen LogP contribution in [0, 0.1) is 5.82 Å². The first-order valence-electron chi connectivity index (χ1n) is 8.41. The fraction of sp³-hybridized carbons (Fsp3) is 0.444. The number of aryl methyl sites for hydroxylation is 1. The molecule has 1 aromatic heterocycles. The van der Waals surface area contributed by atoms with Gasteiger partial charge in [-0.15, -0.1) is 0 Å². The molecule has 7 nitrogen and oxygen atoms in total. The maximum absolute atomic E-state index is 15.0. The molecule has 26 heavy (non-hydrogen) atoms. The van der Waals surface area contributed by atoms with Crippen molar-refractivity contribution in [3.05, 3.63) is 33.9 Å². The van der Waals surface area contributed by atoms with E-state index >= 15 is 0 Å². The van der Waals surface area contributed by atoms with E-state index in [1.165, 1.54) is 17.9 Å².